The minimum Gasteiger partial charge on any atom is -0.494 e. The van der Waals surface area contributed by atoms with E-state index >= 15 is 0 Å². The van der Waals surface area contributed by atoms with Gasteiger partial charge in [0.1, 0.15) is 0 Å². The van der Waals surface area contributed by atoms with E-state index in [4.69, 9.17) is 4.74 Å². The van der Waals surface area contributed by atoms with Crippen LogP contribution in [-0.4, -0.2) is 92.4 Å². The summed E-state index contributed by atoms with van der Waals surface area (Å²) in [4.78, 5) is 21.8. The number of rotatable bonds is 7. The molecule has 0 aliphatic carbocycles. The Balaban J connectivity index is 1.49. The lowest BCUT2D eigenvalue weighted by Crippen LogP contribution is -2.47. The molecule has 2 aromatic carbocycles. The number of nitrogens with one attached hydrogen (secondary N) is 1. The number of hydrogen-bond donors (Lipinski definition) is 1. The Labute approximate surface area is 227 Å². The van der Waals surface area contributed by atoms with Crippen LogP contribution in [0.4, 0.5) is 17.3 Å². The number of nitrogens with zero attached hydrogens (tertiary/aromatic N) is 6. The molecule has 0 bridgehead atoms. The second kappa shape index (κ2) is 10.5. The van der Waals surface area contributed by atoms with Crippen LogP contribution in [0.2, 0.25) is 0 Å². The number of ether oxygens (including phenoxy) is 1. The maximum atomic E-state index is 13.3. The largest absolute Gasteiger partial charge is 0.494 e. The summed E-state index contributed by atoms with van der Waals surface area (Å²) in [6.07, 6.45) is 2.84. The van der Waals surface area contributed by atoms with Gasteiger partial charge in [0.2, 0.25) is 16.0 Å². The van der Waals surface area contributed by atoms with Crippen molar-refractivity contribution >= 4 is 38.8 Å². The standard InChI is InChI=1S/C27H31N7O4S/c1-31-14-16-33(17-15-31)26(35)21-9-7-10-22(25(21)38-3)29-27-28-18-19-12-13-24(34(19)30-27)20-8-5-6-11-23(20)32(2)39(4,36)37/h5-13,18H,14-17H2,1-4H3,(H,29,30). The lowest BCUT2D eigenvalue weighted by molar-refractivity contribution is 0.0661. The summed E-state index contributed by atoms with van der Waals surface area (Å²) in [5, 5.41) is 7.89. The second-order valence-electron chi connectivity index (χ2n) is 9.49. The number of benzene rings is 2. The van der Waals surface area contributed by atoms with Gasteiger partial charge in [0.15, 0.2) is 5.75 Å². The molecule has 0 unspecified atom stereocenters. The van der Waals surface area contributed by atoms with Crippen molar-refractivity contribution in [3.8, 4) is 17.0 Å². The van der Waals surface area contributed by atoms with Gasteiger partial charge in [0, 0.05) is 38.8 Å². The van der Waals surface area contributed by atoms with Crippen molar-refractivity contribution < 1.29 is 17.9 Å². The van der Waals surface area contributed by atoms with E-state index in [1.54, 1.807) is 41.0 Å². The van der Waals surface area contributed by atoms with Gasteiger partial charge in [-0.1, -0.05) is 24.3 Å². The third kappa shape index (κ3) is 5.25. The molecule has 1 fully saturated rings. The number of likely N-dealkylation sites (N-methyl/N-ethyl adjacent to an activating group) is 1. The molecule has 12 heteroatoms. The van der Waals surface area contributed by atoms with Crippen LogP contribution in [0.1, 0.15) is 10.4 Å². The Hall–Kier alpha value is -4.16. The number of fused-ring (bicyclic) bond motifs is 1. The van der Waals surface area contributed by atoms with E-state index in [0.29, 0.717) is 47.0 Å². The van der Waals surface area contributed by atoms with E-state index in [0.717, 1.165) is 18.6 Å². The Kier molecular flexibility index (Phi) is 7.15. The number of methoxy groups -OCH3 is 1. The molecule has 0 radical (unpaired) electrons. The number of carbonyl (C=O) groups is 1. The molecule has 1 aliphatic heterocycles. The molecule has 2 aromatic heterocycles. The summed E-state index contributed by atoms with van der Waals surface area (Å²) < 4.78 is 33.2. The molecule has 1 N–H and O–H groups in total. The molecule has 3 heterocycles. The highest BCUT2D eigenvalue weighted by Crippen LogP contribution is 2.34. The quantitative estimate of drug-likeness (QED) is 0.375. The first-order valence-electron chi connectivity index (χ1n) is 12.5. The number of amides is 1. The van der Waals surface area contributed by atoms with E-state index < -0.39 is 10.0 Å². The molecule has 0 saturated carbocycles. The van der Waals surface area contributed by atoms with E-state index in [9.17, 15) is 13.2 Å². The zero-order valence-electron chi connectivity index (χ0n) is 22.3. The highest BCUT2D eigenvalue weighted by atomic mass is 32.2. The fourth-order valence-corrected chi connectivity index (χ4v) is 5.15. The van der Waals surface area contributed by atoms with E-state index in [-0.39, 0.29) is 11.9 Å². The van der Waals surface area contributed by atoms with Crippen molar-refractivity contribution in [2.24, 2.45) is 0 Å². The zero-order valence-corrected chi connectivity index (χ0v) is 23.1. The normalized spacial score (nSPS) is 14.4. The van der Waals surface area contributed by atoms with Crippen LogP contribution in [0.5, 0.6) is 5.75 Å². The average molecular weight is 550 g/mol. The summed E-state index contributed by atoms with van der Waals surface area (Å²) >= 11 is 0. The average Bonchev–Trinajstić information content (AvgIpc) is 3.35. The number of hydrogen-bond acceptors (Lipinski definition) is 8. The van der Waals surface area contributed by atoms with Crippen molar-refractivity contribution in [1.29, 1.82) is 0 Å². The molecular weight excluding hydrogens is 518 g/mol. The summed E-state index contributed by atoms with van der Waals surface area (Å²) in [5.41, 5.74) is 3.69. The van der Waals surface area contributed by atoms with Gasteiger partial charge in [0.25, 0.3) is 5.91 Å². The van der Waals surface area contributed by atoms with Crippen LogP contribution in [0.15, 0.2) is 60.8 Å². The molecular formula is C27H31N7O4S. The van der Waals surface area contributed by atoms with Gasteiger partial charge in [-0.2, -0.15) is 0 Å². The first-order valence-corrected chi connectivity index (χ1v) is 14.3. The minimum atomic E-state index is -3.47. The molecule has 1 saturated heterocycles. The van der Waals surface area contributed by atoms with Crippen LogP contribution in [0, 0.1) is 0 Å². The Morgan fingerprint density at radius 2 is 1.77 bits per heavy atom. The highest BCUT2D eigenvalue weighted by Gasteiger charge is 2.25. The fourth-order valence-electron chi connectivity index (χ4n) is 4.63. The molecule has 1 amide bonds. The molecule has 4 aromatic rings. The summed E-state index contributed by atoms with van der Waals surface area (Å²) in [5.74, 6) is 0.619. The molecule has 1 aliphatic rings. The Morgan fingerprint density at radius 1 is 1.03 bits per heavy atom. The third-order valence-electron chi connectivity index (χ3n) is 6.90. The van der Waals surface area contributed by atoms with Crippen molar-refractivity contribution in [2.45, 2.75) is 0 Å². The van der Waals surface area contributed by atoms with Gasteiger partial charge in [-0.15, -0.1) is 5.10 Å². The summed E-state index contributed by atoms with van der Waals surface area (Å²) in [7, 11) is 1.63. The van der Waals surface area contributed by atoms with Gasteiger partial charge in [-0.05, 0) is 37.4 Å². The second-order valence-corrected chi connectivity index (χ2v) is 11.5. The van der Waals surface area contributed by atoms with E-state index in [1.165, 1.54) is 24.7 Å². The lowest BCUT2D eigenvalue weighted by Gasteiger charge is -2.32. The molecule has 11 nitrogen and oxygen atoms in total. The molecule has 0 spiro atoms. The third-order valence-corrected chi connectivity index (χ3v) is 8.09. The predicted octanol–water partition coefficient (Wildman–Crippen LogP) is 2.93. The monoisotopic (exact) mass is 549 g/mol. The first-order chi connectivity index (χ1) is 18.7. The number of piperazine rings is 1. The van der Waals surface area contributed by atoms with Crippen LogP contribution < -0.4 is 14.4 Å². The van der Waals surface area contributed by atoms with Gasteiger partial charge in [0.05, 0.1) is 47.7 Å². The first kappa shape index (κ1) is 26.4. The van der Waals surface area contributed by atoms with Crippen LogP contribution in [0.3, 0.4) is 0 Å². The van der Waals surface area contributed by atoms with Crippen LogP contribution in [0.25, 0.3) is 16.8 Å². The van der Waals surface area contributed by atoms with Gasteiger partial charge in [-0.3, -0.25) is 9.10 Å². The van der Waals surface area contributed by atoms with Crippen molar-refractivity contribution in [3.63, 3.8) is 0 Å². The SMILES string of the molecule is COc1c(Nc2ncc3ccc(-c4ccccc4N(C)S(C)(=O)=O)n3n2)cccc1C(=O)N1CCN(C)CC1. The van der Waals surface area contributed by atoms with E-state index in [2.05, 4.69) is 20.3 Å². The summed E-state index contributed by atoms with van der Waals surface area (Å²) in [6, 6.07) is 16.3. The number of anilines is 3. The predicted molar refractivity (Wildman–Crippen MR) is 151 cm³/mol. The highest BCUT2D eigenvalue weighted by molar-refractivity contribution is 7.92. The zero-order chi connectivity index (χ0) is 27.7. The molecule has 0 atom stereocenters. The Morgan fingerprint density at radius 3 is 2.49 bits per heavy atom. The number of sulfonamides is 1. The smallest absolute Gasteiger partial charge is 0.257 e. The summed E-state index contributed by atoms with van der Waals surface area (Å²) in [6.45, 7) is 2.95. The lowest BCUT2D eigenvalue weighted by atomic mass is 10.1. The topological polar surface area (TPSA) is 112 Å². The maximum absolute atomic E-state index is 13.3. The molecule has 5 rings (SSSR count). The van der Waals surface area contributed by atoms with Gasteiger partial charge in [-0.25, -0.2) is 17.9 Å². The van der Waals surface area contributed by atoms with Gasteiger partial charge >= 0.3 is 0 Å². The molecule has 204 valence electrons. The maximum Gasteiger partial charge on any atom is 0.257 e. The van der Waals surface area contributed by atoms with Crippen LogP contribution >= 0.6 is 0 Å². The number of para-hydroxylation sites is 2. The molecule has 39 heavy (non-hydrogen) atoms. The van der Waals surface area contributed by atoms with E-state index in [1.807, 2.05) is 36.2 Å². The minimum absolute atomic E-state index is 0.0840. The van der Waals surface area contributed by atoms with Crippen molar-refractivity contribution in [1.82, 2.24) is 24.4 Å². The van der Waals surface area contributed by atoms with Crippen molar-refractivity contribution in [3.05, 3.63) is 66.4 Å². The Bertz CT molecular complexity index is 1630. The number of carbonyl (C=O) groups excluding carboxylic acids is 1. The van der Waals surface area contributed by atoms with Gasteiger partial charge < -0.3 is 19.9 Å². The number of aromatic nitrogens is 3. The van der Waals surface area contributed by atoms with Crippen molar-refractivity contribution in [2.75, 3.05) is 63.3 Å². The fraction of sp³-hybridized carbons (Fsp3) is 0.296. The van der Waals surface area contributed by atoms with Crippen LogP contribution in [-0.2, 0) is 10.0 Å².